The summed E-state index contributed by atoms with van der Waals surface area (Å²) in [6.45, 7) is 5.57. The molecule has 1 aliphatic carbocycles. The van der Waals surface area contributed by atoms with Crippen molar-refractivity contribution in [1.82, 2.24) is 25.1 Å². The average Bonchev–Trinajstić information content (AvgIpc) is 3.40. The van der Waals surface area contributed by atoms with Crippen LogP contribution in [0.4, 0.5) is 5.82 Å². The minimum absolute atomic E-state index is 0.110. The molecule has 6 rings (SSSR count). The molecule has 0 bridgehead atoms. The molecule has 0 spiro atoms. The summed E-state index contributed by atoms with van der Waals surface area (Å²) in [6.07, 6.45) is 4.97. The molecule has 0 radical (unpaired) electrons. The summed E-state index contributed by atoms with van der Waals surface area (Å²) in [4.78, 5) is 16.0. The molecule has 8 nitrogen and oxygen atoms in total. The van der Waals surface area contributed by atoms with Gasteiger partial charge in [-0.15, -0.1) is 0 Å². The van der Waals surface area contributed by atoms with E-state index in [2.05, 4.69) is 25.1 Å². The van der Waals surface area contributed by atoms with Crippen LogP contribution in [-0.2, 0) is 13.0 Å². The van der Waals surface area contributed by atoms with Crippen molar-refractivity contribution in [2.45, 2.75) is 51.7 Å². The van der Waals surface area contributed by atoms with Crippen LogP contribution in [0.15, 0.2) is 35.0 Å². The fourth-order valence-electron chi connectivity index (χ4n) is 4.10. The van der Waals surface area contributed by atoms with Gasteiger partial charge >= 0.3 is 0 Å². The Kier molecular flexibility index (Phi) is 4.19. The van der Waals surface area contributed by atoms with Gasteiger partial charge in [-0.2, -0.15) is 5.10 Å². The van der Waals surface area contributed by atoms with E-state index < -0.39 is 0 Å². The predicted molar refractivity (Wildman–Crippen MR) is 116 cm³/mol. The average molecular weight is 416 g/mol. The van der Waals surface area contributed by atoms with Crippen molar-refractivity contribution in [2.75, 3.05) is 11.4 Å². The lowest BCUT2D eigenvalue weighted by molar-refractivity contribution is 0.243. The SMILES string of the molecule is CC(C)Oc1ccc2[nH]nc(-c3cc(N4CCc5nc(C6CC6)oc5C4)ncn3)c2c1. The van der Waals surface area contributed by atoms with Crippen LogP contribution in [0.2, 0.25) is 0 Å². The Labute approximate surface area is 179 Å². The highest BCUT2D eigenvalue weighted by atomic mass is 16.5. The Morgan fingerprint density at radius 2 is 2.10 bits per heavy atom. The Hall–Kier alpha value is -3.42. The van der Waals surface area contributed by atoms with E-state index in [0.29, 0.717) is 12.5 Å². The number of rotatable bonds is 5. The fourth-order valence-corrected chi connectivity index (χ4v) is 4.10. The predicted octanol–water partition coefficient (Wildman–Crippen LogP) is 4.24. The number of anilines is 1. The molecular weight excluding hydrogens is 392 g/mol. The number of oxazole rings is 1. The van der Waals surface area contributed by atoms with Gasteiger partial charge in [0, 0.05) is 30.3 Å². The molecule has 3 aromatic heterocycles. The molecule has 4 heterocycles. The normalized spacial score (nSPS) is 16.2. The van der Waals surface area contributed by atoms with Gasteiger partial charge in [-0.3, -0.25) is 5.10 Å². The second kappa shape index (κ2) is 7.08. The van der Waals surface area contributed by atoms with Crippen molar-refractivity contribution in [1.29, 1.82) is 0 Å². The molecule has 4 aromatic rings. The number of aromatic amines is 1. The van der Waals surface area contributed by atoms with Crippen LogP contribution in [0.25, 0.3) is 22.3 Å². The second-order valence-corrected chi connectivity index (χ2v) is 8.58. The van der Waals surface area contributed by atoms with Gasteiger partial charge in [0.1, 0.15) is 29.3 Å². The molecule has 2 aliphatic rings. The van der Waals surface area contributed by atoms with Gasteiger partial charge in [0.05, 0.1) is 29.6 Å². The lowest BCUT2D eigenvalue weighted by Gasteiger charge is -2.26. The number of H-pyrrole nitrogens is 1. The van der Waals surface area contributed by atoms with E-state index in [9.17, 15) is 0 Å². The largest absolute Gasteiger partial charge is 0.491 e. The molecule has 1 aliphatic heterocycles. The van der Waals surface area contributed by atoms with E-state index in [4.69, 9.17) is 14.1 Å². The number of benzene rings is 1. The van der Waals surface area contributed by atoms with Gasteiger partial charge in [0.25, 0.3) is 0 Å². The Balaban J connectivity index is 1.31. The van der Waals surface area contributed by atoms with Crippen molar-refractivity contribution in [3.05, 3.63) is 47.9 Å². The first-order valence-corrected chi connectivity index (χ1v) is 10.8. The fraction of sp³-hybridized carbons (Fsp3) is 0.391. The van der Waals surface area contributed by atoms with Crippen LogP contribution in [0.5, 0.6) is 5.75 Å². The summed E-state index contributed by atoms with van der Waals surface area (Å²) in [6, 6.07) is 7.94. The molecule has 0 unspecified atom stereocenters. The molecule has 0 atom stereocenters. The van der Waals surface area contributed by atoms with Gasteiger partial charge < -0.3 is 14.1 Å². The second-order valence-electron chi connectivity index (χ2n) is 8.58. The molecular formula is C23H24N6O2. The maximum atomic E-state index is 6.06. The molecule has 1 aromatic carbocycles. The molecule has 158 valence electrons. The third kappa shape index (κ3) is 3.41. The van der Waals surface area contributed by atoms with E-state index in [1.807, 2.05) is 38.1 Å². The number of nitrogens with zero attached hydrogens (tertiary/aromatic N) is 5. The van der Waals surface area contributed by atoms with Crippen LogP contribution in [0.3, 0.4) is 0 Å². The first-order chi connectivity index (χ1) is 15.1. The summed E-state index contributed by atoms with van der Waals surface area (Å²) in [5.41, 5.74) is 3.62. The zero-order valence-corrected chi connectivity index (χ0v) is 17.6. The van der Waals surface area contributed by atoms with Crippen LogP contribution in [0.1, 0.15) is 50.0 Å². The van der Waals surface area contributed by atoms with Gasteiger partial charge in [-0.25, -0.2) is 15.0 Å². The topological polar surface area (TPSA) is 93.0 Å². The van der Waals surface area contributed by atoms with E-state index in [1.54, 1.807) is 6.33 Å². The maximum absolute atomic E-state index is 6.06. The number of ether oxygens (including phenoxy) is 1. The van der Waals surface area contributed by atoms with Gasteiger partial charge in [0.2, 0.25) is 0 Å². The standard InChI is InChI=1S/C23H24N6O2/c1-13(2)30-15-5-6-17-16(9-15)22(28-27-17)19-10-21(25-12-24-19)29-8-7-18-20(11-29)31-23(26-18)14-3-4-14/h5-6,9-10,12-14H,3-4,7-8,11H2,1-2H3,(H,27,28). The van der Waals surface area contributed by atoms with Gasteiger partial charge in [0.15, 0.2) is 5.89 Å². The lowest BCUT2D eigenvalue weighted by atomic mass is 10.1. The van der Waals surface area contributed by atoms with E-state index >= 15 is 0 Å². The van der Waals surface area contributed by atoms with E-state index in [-0.39, 0.29) is 6.10 Å². The third-order valence-electron chi connectivity index (χ3n) is 5.80. The molecule has 1 fully saturated rings. The summed E-state index contributed by atoms with van der Waals surface area (Å²) in [5, 5.41) is 8.60. The monoisotopic (exact) mass is 416 g/mol. The number of nitrogens with one attached hydrogen (secondary N) is 1. The smallest absolute Gasteiger partial charge is 0.197 e. The number of fused-ring (bicyclic) bond motifs is 2. The minimum atomic E-state index is 0.110. The zero-order valence-electron chi connectivity index (χ0n) is 17.6. The summed E-state index contributed by atoms with van der Waals surface area (Å²) in [5.74, 6) is 4.10. The van der Waals surface area contributed by atoms with Gasteiger partial charge in [-0.1, -0.05) is 0 Å². The lowest BCUT2D eigenvalue weighted by Crippen LogP contribution is -2.30. The minimum Gasteiger partial charge on any atom is -0.491 e. The summed E-state index contributed by atoms with van der Waals surface area (Å²) >= 11 is 0. The van der Waals surface area contributed by atoms with Crippen LogP contribution in [-0.4, -0.2) is 37.8 Å². The molecule has 0 amide bonds. The molecule has 1 saturated carbocycles. The number of aromatic nitrogens is 5. The van der Waals surface area contributed by atoms with Crippen molar-refractivity contribution >= 4 is 16.7 Å². The van der Waals surface area contributed by atoms with Crippen LogP contribution < -0.4 is 9.64 Å². The molecule has 1 N–H and O–H groups in total. The maximum Gasteiger partial charge on any atom is 0.197 e. The van der Waals surface area contributed by atoms with Crippen molar-refractivity contribution < 1.29 is 9.15 Å². The van der Waals surface area contributed by atoms with Crippen LogP contribution >= 0.6 is 0 Å². The highest BCUT2D eigenvalue weighted by molar-refractivity contribution is 5.93. The Morgan fingerprint density at radius 3 is 2.94 bits per heavy atom. The molecule has 31 heavy (non-hydrogen) atoms. The van der Waals surface area contributed by atoms with Crippen LogP contribution in [0, 0.1) is 0 Å². The third-order valence-corrected chi connectivity index (χ3v) is 5.80. The number of hydrogen-bond donors (Lipinski definition) is 1. The molecule has 0 saturated heterocycles. The van der Waals surface area contributed by atoms with Gasteiger partial charge in [-0.05, 0) is 44.9 Å². The van der Waals surface area contributed by atoms with Crippen molar-refractivity contribution in [2.24, 2.45) is 0 Å². The highest BCUT2D eigenvalue weighted by Crippen LogP contribution is 2.41. The summed E-state index contributed by atoms with van der Waals surface area (Å²) in [7, 11) is 0. The van der Waals surface area contributed by atoms with E-state index in [1.165, 1.54) is 12.8 Å². The summed E-state index contributed by atoms with van der Waals surface area (Å²) < 4.78 is 11.9. The van der Waals surface area contributed by atoms with Crippen molar-refractivity contribution in [3.8, 4) is 17.1 Å². The molecule has 8 heteroatoms. The first-order valence-electron chi connectivity index (χ1n) is 10.8. The quantitative estimate of drug-likeness (QED) is 0.520. The van der Waals surface area contributed by atoms with Crippen molar-refractivity contribution in [3.63, 3.8) is 0 Å². The zero-order chi connectivity index (χ0) is 20.9. The Bertz CT molecular complexity index is 1260. The number of hydrogen-bond acceptors (Lipinski definition) is 7. The Morgan fingerprint density at radius 1 is 1.19 bits per heavy atom. The highest BCUT2D eigenvalue weighted by Gasteiger charge is 2.32. The van der Waals surface area contributed by atoms with E-state index in [0.717, 1.165) is 64.2 Å². The first kappa shape index (κ1) is 18.4.